The number of aliphatic imine (C=N–C) groups is 1. The average Bonchev–Trinajstić information content (AvgIpc) is 2.61. The molecule has 0 saturated heterocycles. The molecule has 0 spiro atoms. The second-order valence-electron chi connectivity index (χ2n) is 5.38. The van der Waals surface area contributed by atoms with Crippen LogP contribution in [-0.4, -0.2) is 43.9 Å². The Morgan fingerprint density at radius 1 is 1.12 bits per heavy atom. The third-order valence-electron chi connectivity index (χ3n) is 3.23. The van der Waals surface area contributed by atoms with Gasteiger partial charge in [0.2, 0.25) is 5.88 Å². The fraction of sp³-hybridized carbons (Fsp3) is 0.667. The van der Waals surface area contributed by atoms with Crippen LogP contribution < -0.4 is 15.4 Å². The molecule has 0 atom stereocenters. The SMILES string of the molecule is CCCOc1ccc(CN=C(NCC)NCCCCOCC)cn1. The highest BCUT2D eigenvalue weighted by atomic mass is 16.5. The van der Waals surface area contributed by atoms with Crippen molar-refractivity contribution in [2.75, 3.05) is 32.9 Å². The Kier molecular flexibility index (Phi) is 11.5. The van der Waals surface area contributed by atoms with E-state index in [9.17, 15) is 0 Å². The number of aromatic nitrogens is 1. The monoisotopic (exact) mass is 336 g/mol. The highest BCUT2D eigenvalue weighted by Gasteiger charge is 1.99. The number of unbranched alkanes of at least 4 members (excludes halogenated alkanes) is 1. The summed E-state index contributed by atoms with van der Waals surface area (Å²) in [6, 6.07) is 3.90. The number of nitrogens with one attached hydrogen (secondary N) is 2. The first-order valence-corrected chi connectivity index (χ1v) is 8.97. The van der Waals surface area contributed by atoms with E-state index in [0.29, 0.717) is 19.0 Å². The lowest BCUT2D eigenvalue weighted by Crippen LogP contribution is -2.37. The Balaban J connectivity index is 2.38. The molecule has 24 heavy (non-hydrogen) atoms. The summed E-state index contributed by atoms with van der Waals surface area (Å²) in [6.07, 6.45) is 4.93. The summed E-state index contributed by atoms with van der Waals surface area (Å²) in [5.41, 5.74) is 1.06. The summed E-state index contributed by atoms with van der Waals surface area (Å²) in [5, 5.41) is 6.60. The Hall–Kier alpha value is -1.82. The van der Waals surface area contributed by atoms with E-state index >= 15 is 0 Å². The first-order valence-electron chi connectivity index (χ1n) is 8.97. The lowest BCUT2D eigenvalue weighted by molar-refractivity contribution is 0.143. The lowest BCUT2D eigenvalue weighted by atomic mass is 10.3. The Labute approximate surface area is 146 Å². The average molecular weight is 336 g/mol. The zero-order valence-corrected chi connectivity index (χ0v) is 15.3. The second-order valence-corrected chi connectivity index (χ2v) is 5.38. The molecule has 0 aromatic carbocycles. The van der Waals surface area contributed by atoms with Crippen LogP contribution in [0.5, 0.6) is 5.88 Å². The van der Waals surface area contributed by atoms with Crippen molar-refractivity contribution < 1.29 is 9.47 Å². The van der Waals surface area contributed by atoms with E-state index in [4.69, 9.17) is 9.47 Å². The van der Waals surface area contributed by atoms with Gasteiger partial charge in [0.15, 0.2) is 5.96 Å². The minimum absolute atomic E-state index is 0.593. The molecule has 0 aliphatic heterocycles. The highest BCUT2D eigenvalue weighted by Crippen LogP contribution is 2.08. The van der Waals surface area contributed by atoms with Crippen LogP contribution in [0.1, 0.15) is 45.6 Å². The molecule has 0 unspecified atom stereocenters. The van der Waals surface area contributed by atoms with Gasteiger partial charge in [0.05, 0.1) is 13.2 Å². The summed E-state index contributed by atoms with van der Waals surface area (Å²) in [4.78, 5) is 8.89. The smallest absolute Gasteiger partial charge is 0.213 e. The number of pyridine rings is 1. The lowest BCUT2D eigenvalue weighted by Gasteiger charge is -2.11. The molecular weight excluding hydrogens is 304 g/mol. The minimum atomic E-state index is 0.593. The van der Waals surface area contributed by atoms with Crippen molar-refractivity contribution in [3.05, 3.63) is 23.9 Å². The predicted octanol–water partition coefficient (Wildman–Crippen LogP) is 2.74. The summed E-state index contributed by atoms with van der Waals surface area (Å²) < 4.78 is 10.8. The first kappa shape index (κ1) is 20.2. The van der Waals surface area contributed by atoms with E-state index in [2.05, 4.69) is 34.5 Å². The van der Waals surface area contributed by atoms with Crippen molar-refractivity contribution >= 4 is 5.96 Å². The normalized spacial score (nSPS) is 11.4. The molecule has 1 rings (SSSR count). The largest absolute Gasteiger partial charge is 0.478 e. The minimum Gasteiger partial charge on any atom is -0.478 e. The van der Waals surface area contributed by atoms with Crippen LogP contribution in [-0.2, 0) is 11.3 Å². The van der Waals surface area contributed by atoms with E-state index in [1.165, 1.54) is 0 Å². The summed E-state index contributed by atoms with van der Waals surface area (Å²) in [6.45, 7) is 10.8. The van der Waals surface area contributed by atoms with E-state index in [0.717, 1.165) is 57.1 Å². The van der Waals surface area contributed by atoms with E-state index in [1.54, 1.807) is 0 Å². The van der Waals surface area contributed by atoms with Gasteiger partial charge in [-0.25, -0.2) is 9.98 Å². The fourth-order valence-corrected chi connectivity index (χ4v) is 1.99. The van der Waals surface area contributed by atoms with Gasteiger partial charge in [-0.05, 0) is 38.7 Å². The van der Waals surface area contributed by atoms with E-state index < -0.39 is 0 Å². The Bertz CT molecular complexity index is 449. The molecule has 1 aromatic rings. The van der Waals surface area contributed by atoms with Crippen molar-refractivity contribution in [3.8, 4) is 5.88 Å². The predicted molar refractivity (Wildman–Crippen MR) is 98.6 cm³/mol. The number of hydrogen-bond acceptors (Lipinski definition) is 4. The summed E-state index contributed by atoms with van der Waals surface area (Å²) in [7, 11) is 0. The van der Waals surface area contributed by atoms with Crippen LogP contribution in [0, 0.1) is 0 Å². The summed E-state index contributed by atoms with van der Waals surface area (Å²) >= 11 is 0. The standard InChI is InChI=1S/C18H32N4O2/c1-4-12-24-17-10-9-16(14-21-17)15-22-18(19-5-2)20-11-7-8-13-23-6-3/h9-10,14H,4-8,11-13,15H2,1-3H3,(H2,19,20,22). The quantitative estimate of drug-likeness (QED) is 0.349. The Morgan fingerprint density at radius 3 is 2.67 bits per heavy atom. The number of rotatable bonds is 12. The molecule has 1 aromatic heterocycles. The van der Waals surface area contributed by atoms with Gasteiger partial charge in [0.25, 0.3) is 0 Å². The number of nitrogens with zero attached hydrogens (tertiary/aromatic N) is 2. The van der Waals surface area contributed by atoms with Crippen molar-refractivity contribution in [1.82, 2.24) is 15.6 Å². The van der Waals surface area contributed by atoms with Crippen molar-refractivity contribution in [2.24, 2.45) is 4.99 Å². The van der Waals surface area contributed by atoms with Crippen LogP contribution in [0.3, 0.4) is 0 Å². The maximum atomic E-state index is 5.49. The maximum absolute atomic E-state index is 5.49. The molecule has 1 heterocycles. The molecule has 0 aliphatic carbocycles. The molecule has 0 aliphatic rings. The van der Waals surface area contributed by atoms with Gasteiger partial charge in [-0.15, -0.1) is 0 Å². The van der Waals surface area contributed by atoms with Crippen LogP contribution in [0.15, 0.2) is 23.3 Å². The third-order valence-corrected chi connectivity index (χ3v) is 3.23. The topological polar surface area (TPSA) is 67.8 Å². The molecule has 0 bridgehead atoms. The zero-order valence-electron chi connectivity index (χ0n) is 15.3. The van der Waals surface area contributed by atoms with Crippen LogP contribution in [0.25, 0.3) is 0 Å². The van der Waals surface area contributed by atoms with Crippen molar-refractivity contribution in [2.45, 2.75) is 46.6 Å². The van der Waals surface area contributed by atoms with Crippen LogP contribution in [0.4, 0.5) is 0 Å². The molecule has 2 N–H and O–H groups in total. The van der Waals surface area contributed by atoms with Crippen molar-refractivity contribution in [3.63, 3.8) is 0 Å². The summed E-state index contributed by atoms with van der Waals surface area (Å²) in [5.74, 6) is 1.50. The van der Waals surface area contributed by atoms with E-state index in [-0.39, 0.29) is 0 Å². The highest BCUT2D eigenvalue weighted by molar-refractivity contribution is 5.79. The number of guanidine groups is 1. The van der Waals surface area contributed by atoms with Crippen LogP contribution >= 0.6 is 0 Å². The number of hydrogen-bond donors (Lipinski definition) is 2. The molecule has 0 amide bonds. The van der Waals surface area contributed by atoms with Gasteiger partial charge < -0.3 is 20.1 Å². The van der Waals surface area contributed by atoms with Crippen molar-refractivity contribution in [1.29, 1.82) is 0 Å². The second kappa shape index (κ2) is 13.6. The molecule has 0 saturated carbocycles. The van der Waals surface area contributed by atoms with Gasteiger partial charge in [-0.1, -0.05) is 13.0 Å². The molecule has 0 fully saturated rings. The maximum Gasteiger partial charge on any atom is 0.213 e. The van der Waals surface area contributed by atoms with Crippen LogP contribution in [0.2, 0.25) is 0 Å². The van der Waals surface area contributed by atoms with E-state index in [1.807, 2.05) is 25.3 Å². The molecule has 6 heteroatoms. The molecular formula is C18H32N4O2. The molecule has 136 valence electrons. The molecule has 0 radical (unpaired) electrons. The Morgan fingerprint density at radius 2 is 2.00 bits per heavy atom. The third kappa shape index (κ3) is 9.35. The van der Waals surface area contributed by atoms with Gasteiger partial charge in [-0.3, -0.25) is 0 Å². The van der Waals surface area contributed by atoms with Gasteiger partial charge in [0.1, 0.15) is 0 Å². The first-order chi connectivity index (χ1) is 11.8. The molecule has 6 nitrogen and oxygen atoms in total. The zero-order chi connectivity index (χ0) is 17.5. The van der Waals surface area contributed by atoms with Gasteiger partial charge in [0, 0.05) is 38.6 Å². The van der Waals surface area contributed by atoms with Gasteiger partial charge >= 0.3 is 0 Å². The van der Waals surface area contributed by atoms with Gasteiger partial charge in [-0.2, -0.15) is 0 Å². The fourth-order valence-electron chi connectivity index (χ4n) is 1.99. The number of ether oxygens (including phenoxy) is 2.